The first-order valence-corrected chi connectivity index (χ1v) is 6.55. The zero-order valence-corrected chi connectivity index (χ0v) is 11.8. The van der Waals surface area contributed by atoms with Crippen molar-refractivity contribution >= 4 is 11.6 Å². The fourth-order valence-corrected chi connectivity index (χ4v) is 1.88. The van der Waals surface area contributed by atoms with Crippen LogP contribution in [0, 0.1) is 10.1 Å². The molecule has 0 aliphatic heterocycles. The molecule has 2 N–H and O–H groups in total. The molecule has 0 aliphatic carbocycles. The smallest absolute Gasteiger partial charge is 0.269 e. The Kier molecular flexibility index (Phi) is 5.64. The number of nitrogens with one attached hydrogen (secondary N) is 1. The summed E-state index contributed by atoms with van der Waals surface area (Å²) in [6.45, 7) is 3.85. The van der Waals surface area contributed by atoms with Crippen LogP contribution < -0.4 is 5.32 Å². The number of nitro groups is 1. The van der Waals surface area contributed by atoms with Gasteiger partial charge in [0, 0.05) is 24.3 Å². The van der Waals surface area contributed by atoms with Crippen LogP contribution in [0.5, 0.6) is 0 Å². The molecule has 0 aromatic heterocycles. The summed E-state index contributed by atoms with van der Waals surface area (Å²) in [5, 5.41) is 22.4. The number of nitro benzene ring substituents is 1. The molecular formula is C14H20N2O4. The van der Waals surface area contributed by atoms with Gasteiger partial charge in [-0.1, -0.05) is 19.1 Å². The van der Waals surface area contributed by atoms with Gasteiger partial charge >= 0.3 is 0 Å². The van der Waals surface area contributed by atoms with Crippen molar-refractivity contribution in [2.75, 3.05) is 6.61 Å². The molecule has 1 rings (SSSR count). The first-order chi connectivity index (χ1) is 9.40. The average Bonchev–Trinajstić information content (AvgIpc) is 2.39. The van der Waals surface area contributed by atoms with E-state index in [0.717, 1.165) is 12.0 Å². The highest BCUT2D eigenvalue weighted by atomic mass is 16.6. The van der Waals surface area contributed by atoms with Crippen LogP contribution in [0.15, 0.2) is 24.3 Å². The minimum Gasteiger partial charge on any atom is -0.396 e. The van der Waals surface area contributed by atoms with E-state index in [1.165, 1.54) is 12.1 Å². The second kappa shape index (κ2) is 7.00. The zero-order valence-electron chi connectivity index (χ0n) is 11.8. The predicted octanol–water partition coefficient (Wildman–Crippen LogP) is 1.80. The van der Waals surface area contributed by atoms with Gasteiger partial charge in [-0.2, -0.15) is 0 Å². The van der Waals surface area contributed by atoms with E-state index in [2.05, 4.69) is 5.32 Å². The van der Waals surface area contributed by atoms with Crippen LogP contribution >= 0.6 is 0 Å². The monoisotopic (exact) mass is 280 g/mol. The Morgan fingerprint density at radius 2 is 2.00 bits per heavy atom. The van der Waals surface area contributed by atoms with E-state index in [0.29, 0.717) is 6.42 Å². The largest absolute Gasteiger partial charge is 0.396 e. The number of benzene rings is 1. The average molecular weight is 280 g/mol. The third-order valence-corrected chi connectivity index (χ3v) is 3.40. The third kappa shape index (κ3) is 4.62. The summed E-state index contributed by atoms with van der Waals surface area (Å²) in [5.74, 6) is -0.156. The van der Waals surface area contributed by atoms with E-state index < -0.39 is 10.5 Å². The number of hydrogen-bond acceptors (Lipinski definition) is 4. The van der Waals surface area contributed by atoms with Gasteiger partial charge in [0.25, 0.3) is 5.69 Å². The van der Waals surface area contributed by atoms with Gasteiger partial charge in [-0.15, -0.1) is 0 Å². The SMILES string of the molecule is CCC(C)(CCO)NC(=O)Cc1ccc([N+](=O)[O-])cc1. The van der Waals surface area contributed by atoms with Gasteiger partial charge in [0.15, 0.2) is 0 Å². The highest BCUT2D eigenvalue weighted by molar-refractivity contribution is 5.79. The number of rotatable bonds is 7. The lowest BCUT2D eigenvalue weighted by molar-refractivity contribution is -0.384. The highest BCUT2D eigenvalue weighted by Gasteiger charge is 2.23. The summed E-state index contributed by atoms with van der Waals surface area (Å²) in [4.78, 5) is 22.0. The molecule has 0 aliphatic rings. The first kappa shape index (κ1) is 16.1. The Morgan fingerprint density at radius 1 is 1.40 bits per heavy atom. The van der Waals surface area contributed by atoms with Crippen molar-refractivity contribution in [1.82, 2.24) is 5.32 Å². The summed E-state index contributed by atoms with van der Waals surface area (Å²) < 4.78 is 0. The molecule has 1 amide bonds. The Morgan fingerprint density at radius 3 is 2.45 bits per heavy atom. The Hall–Kier alpha value is -1.95. The second-order valence-electron chi connectivity index (χ2n) is 5.04. The highest BCUT2D eigenvalue weighted by Crippen LogP contribution is 2.15. The molecule has 0 heterocycles. The third-order valence-electron chi connectivity index (χ3n) is 3.40. The predicted molar refractivity (Wildman–Crippen MR) is 75.3 cm³/mol. The fraction of sp³-hybridized carbons (Fsp3) is 0.500. The molecule has 0 saturated heterocycles. The van der Waals surface area contributed by atoms with E-state index >= 15 is 0 Å². The summed E-state index contributed by atoms with van der Waals surface area (Å²) in [6.07, 6.45) is 1.38. The number of aliphatic hydroxyl groups excluding tert-OH is 1. The normalized spacial score (nSPS) is 13.6. The van der Waals surface area contributed by atoms with Crippen molar-refractivity contribution in [3.63, 3.8) is 0 Å². The van der Waals surface area contributed by atoms with Crippen LogP contribution in [-0.2, 0) is 11.2 Å². The molecule has 1 aromatic carbocycles. The van der Waals surface area contributed by atoms with Gasteiger partial charge in [-0.25, -0.2) is 0 Å². The van der Waals surface area contributed by atoms with E-state index in [-0.39, 0.29) is 24.6 Å². The van der Waals surface area contributed by atoms with Crippen molar-refractivity contribution < 1.29 is 14.8 Å². The molecule has 110 valence electrons. The number of amides is 1. The van der Waals surface area contributed by atoms with Crippen molar-refractivity contribution in [2.24, 2.45) is 0 Å². The Bertz CT molecular complexity index is 473. The fourth-order valence-electron chi connectivity index (χ4n) is 1.88. The lowest BCUT2D eigenvalue weighted by atomic mass is 9.94. The zero-order chi connectivity index (χ0) is 15.2. The van der Waals surface area contributed by atoms with Gasteiger partial charge in [0.1, 0.15) is 0 Å². The molecule has 0 fully saturated rings. The second-order valence-corrected chi connectivity index (χ2v) is 5.04. The molecular weight excluding hydrogens is 260 g/mol. The maximum Gasteiger partial charge on any atom is 0.269 e. The van der Waals surface area contributed by atoms with Crippen LogP contribution in [0.3, 0.4) is 0 Å². The standard InChI is InChI=1S/C14H20N2O4/c1-3-14(2,8-9-17)15-13(18)10-11-4-6-12(7-5-11)16(19)20/h4-7,17H,3,8-10H2,1-2H3,(H,15,18). The van der Waals surface area contributed by atoms with Gasteiger partial charge in [-0.05, 0) is 25.3 Å². The summed E-state index contributed by atoms with van der Waals surface area (Å²) in [7, 11) is 0. The van der Waals surface area contributed by atoms with Crippen molar-refractivity contribution in [3.05, 3.63) is 39.9 Å². The Balaban J connectivity index is 2.64. The minimum atomic E-state index is -0.473. The molecule has 1 unspecified atom stereocenters. The molecule has 1 atom stereocenters. The van der Waals surface area contributed by atoms with Crippen LogP contribution in [0.4, 0.5) is 5.69 Å². The Labute approximate surface area is 118 Å². The molecule has 6 nitrogen and oxygen atoms in total. The van der Waals surface area contributed by atoms with Crippen molar-refractivity contribution in [3.8, 4) is 0 Å². The maximum absolute atomic E-state index is 12.0. The van der Waals surface area contributed by atoms with Crippen molar-refractivity contribution in [1.29, 1.82) is 0 Å². The summed E-state index contributed by atoms with van der Waals surface area (Å²) in [6, 6.07) is 5.92. The number of carbonyl (C=O) groups excluding carboxylic acids is 1. The minimum absolute atomic E-state index is 0.00725. The quantitative estimate of drug-likeness (QED) is 0.588. The number of carbonyl (C=O) groups is 1. The first-order valence-electron chi connectivity index (χ1n) is 6.55. The molecule has 0 saturated carbocycles. The molecule has 1 aromatic rings. The van der Waals surface area contributed by atoms with Gasteiger partial charge in [-0.3, -0.25) is 14.9 Å². The molecule has 6 heteroatoms. The maximum atomic E-state index is 12.0. The van der Waals surface area contributed by atoms with Gasteiger partial charge in [0.2, 0.25) is 5.91 Å². The van der Waals surface area contributed by atoms with Crippen LogP contribution in [0.1, 0.15) is 32.3 Å². The van der Waals surface area contributed by atoms with E-state index in [4.69, 9.17) is 5.11 Å². The number of non-ortho nitro benzene ring substituents is 1. The summed E-state index contributed by atoms with van der Waals surface area (Å²) >= 11 is 0. The molecule has 0 radical (unpaired) electrons. The number of nitrogens with zero attached hydrogens (tertiary/aromatic N) is 1. The lowest BCUT2D eigenvalue weighted by Gasteiger charge is -2.29. The number of aliphatic hydroxyl groups is 1. The van der Waals surface area contributed by atoms with E-state index in [9.17, 15) is 14.9 Å². The van der Waals surface area contributed by atoms with E-state index in [1.54, 1.807) is 12.1 Å². The van der Waals surface area contributed by atoms with Gasteiger partial charge < -0.3 is 10.4 Å². The molecule has 0 bridgehead atoms. The van der Waals surface area contributed by atoms with E-state index in [1.807, 2.05) is 13.8 Å². The topological polar surface area (TPSA) is 92.5 Å². The van der Waals surface area contributed by atoms with Gasteiger partial charge in [0.05, 0.1) is 11.3 Å². The molecule has 20 heavy (non-hydrogen) atoms. The van der Waals surface area contributed by atoms with Crippen LogP contribution in [-0.4, -0.2) is 28.1 Å². The molecule has 0 spiro atoms. The lowest BCUT2D eigenvalue weighted by Crippen LogP contribution is -2.46. The number of hydrogen-bond donors (Lipinski definition) is 2. The van der Waals surface area contributed by atoms with Crippen molar-refractivity contribution in [2.45, 2.75) is 38.6 Å². The summed E-state index contributed by atoms with van der Waals surface area (Å²) in [5.41, 5.74) is 0.301. The van der Waals surface area contributed by atoms with Crippen LogP contribution in [0.25, 0.3) is 0 Å². The van der Waals surface area contributed by atoms with Crippen LogP contribution in [0.2, 0.25) is 0 Å².